The van der Waals surface area contributed by atoms with Crippen LogP contribution in [-0.4, -0.2) is 31.1 Å². The molecule has 1 heterocycles. The molecule has 0 amide bonds. The molecule has 2 atom stereocenters. The first kappa shape index (κ1) is 10.0. The third kappa shape index (κ3) is 1.80. The first-order valence-electron chi connectivity index (χ1n) is 4.87. The minimum absolute atomic E-state index is 0.370. The molecule has 12 heavy (non-hydrogen) atoms. The van der Waals surface area contributed by atoms with Gasteiger partial charge in [0, 0.05) is 6.04 Å². The molecule has 1 fully saturated rings. The van der Waals surface area contributed by atoms with Gasteiger partial charge in [0.1, 0.15) is 0 Å². The van der Waals surface area contributed by atoms with Gasteiger partial charge >= 0.3 is 0 Å². The zero-order valence-corrected chi connectivity index (χ0v) is 8.80. The Morgan fingerprint density at radius 1 is 1.42 bits per heavy atom. The highest BCUT2D eigenvalue weighted by Gasteiger charge is 2.38. The molecule has 1 aliphatic heterocycles. The van der Waals surface area contributed by atoms with Gasteiger partial charge in [-0.2, -0.15) is 0 Å². The molecule has 72 valence electrons. The molecule has 2 nitrogen and oxygen atoms in total. The lowest BCUT2D eigenvalue weighted by Crippen LogP contribution is -2.42. The number of nitrogens with two attached hydrogens (primary N) is 1. The summed E-state index contributed by atoms with van der Waals surface area (Å²) in [5, 5.41) is 0. The van der Waals surface area contributed by atoms with Crippen molar-refractivity contribution in [1.82, 2.24) is 4.90 Å². The van der Waals surface area contributed by atoms with Gasteiger partial charge in [0.15, 0.2) is 0 Å². The molecule has 0 aromatic rings. The Morgan fingerprint density at radius 3 is 2.33 bits per heavy atom. The maximum atomic E-state index is 5.76. The second kappa shape index (κ2) is 3.35. The van der Waals surface area contributed by atoms with Crippen LogP contribution in [-0.2, 0) is 0 Å². The van der Waals surface area contributed by atoms with Gasteiger partial charge < -0.3 is 10.6 Å². The predicted molar refractivity (Wildman–Crippen MR) is 53.0 cm³/mol. The van der Waals surface area contributed by atoms with Gasteiger partial charge in [-0.05, 0) is 37.9 Å². The molecule has 0 spiro atoms. The minimum Gasteiger partial charge on any atom is -0.330 e. The first-order chi connectivity index (χ1) is 5.46. The van der Waals surface area contributed by atoms with E-state index in [4.69, 9.17) is 5.73 Å². The lowest BCUT2D eigenvalue weighted by molar-refractivity contribution is 0.137. The predicted octanol–water partition coefficient (Wildman–Crippen LogP) is 1.31. The molecule has 2 heteroatoms. The summed E-state index contributed by atoms with van der Waals surface area (Å²) in [6.45, 7) is 8.97. The van der Waals surface area contributed by atoms with Crippen molar-refractivity contribution < 1.29 is 0 Å². The second-order valence-electron chi connectivity index (χ2n) is 5.08. The van der Waals surface area contributed by atoms with E-state index in [-0.39, 0.29) is 0 Å². The fraction of sp³-hybridized carbons (Fsp3) is 1.00. The summed E-state index contributed by atoms with van der Waals surface area (Å²) in [5.74, 6) is 0.704. The van der Waals surface area contributed by atoms with Crippen molar-refractivity contribution in [3.63, 3.8) is 0 Å². The van der Waals surface area contributed by atoms with Crippen LogP contribution in [0.1, 0.15) is 27.2 Å². The van der Waals surface area contributed by atoms with Crippen LogP contribution in [0, 0.1) is 11.3 Å². The zero-order valence-electron chi connectivity index (χ0n) is 8.80. The average molecular weight is 170 g/mol. The highest BCUT2D eigenvalue weighted by Crippen LogP contribution is 2.35. The van der Waals surface area contributed by atoms with Crippen molar-refractivity contribution in [1.29, 1.82) is 0 Å². The molecule has 2 N–H and O–H groups in total. The van der Waals surface area contributed by atoms with Gasteiger partial charge in [0.2, 0.25) is 0 Å². The van der Waals surface area contributed by atoms with Gasteiger partial charge in [-0.1, -0.05) is 20.8 Å². The topological polar surface area (TPSA) is 29.3 Å². The van der Waals surface area contributed by atoms with E-state index < -0.39 is 0 Å². The highest BCUT2D eigenvalue weighted by molar-refractivity contribution is 4.93. The molecule has 1 saturated heterocycles. The van der Waals surface area contributed by atoms with E-state index in [2.05, 4.69) is 32.7 Å². The Bertz CT molecular complexity index is 148. The fourth-order valence-electron chi connectivity index (χ4n) is 2.64. The summed E-state index contributed by atoms with van der Waals surface area (Å²) in [6, 6.07) is 0.669. The highest BCUT2D eigenvalue weighted by atomic mass is 15.2. The molecule has 0 saturated carbocycles. The van der Waals surface area contributed by atoms with E-state index in [1.807, 2.05) is 0 Å². The monoisotopic (exact) mass is 170 g/mol. The maximum Gasteiger partial charge on any atom is 0.0181 e. The summed E-state index contributed by atoms with van der Waals surface area (Å²) in [5.41, 5.74) is 6.13. The summed E-state index contributed by atoms with van der Waals surface area (Å²) < 4.78 is 0. The number of rotatable bonds is 1. The van der Waals surface area contributed by atoms with Gasteiger partial charge in [-0.15, -0.1) is 0 Å². The summed E-state index contributed by atoms with van der Waals surface area (Å²) >= 11 is 0. The molecule has 0 bridgehead atoms. The van der Waals surface area contributed by atoms with Crippen LogP contribution in [0.15, 0.2) is 0 Å². The average Bonchev–Trinajstić information content (AvgIpc) is 2.29. The summed E-state index contributed by atoms with van der Waals surface area (Å²) in [4.78, 5) is 2.46. The van der Waals surface area contributed by atoms with Crippen LogP contribution in [0.25, 0.3) is 0 Å². The minimum atomic E-state index is 0.370. The Morgan fingerprint density at radius 2 is 2.00 bits per heavy atom. The van der Waals surface area contributed by atoms with Crippen molar-refractivity contribution in [2.75, 3.05) is 20.1 Å². The van der Waals surface area contributed by atoms with E-state index in [9.17, 15) is 0 Å². The van der Waals surface area contributed by atoms with Crippen LogP contribution in [0.2, 0.25) is 0 Å². The molecular weight excluding hydrogens is 148 g/mol. The molecular formula is C10H22N2. The third-order valence-electron chi connectivity index (χ3n) is 2.96. The molecule has 0 aromatic heterocycles. The van der Waals surface area contributed by atoms with Crippen LogP contribution < -0.4 is 5.73 Å². The Labute approximate surface area is 76.1 Å². The molecule has 1 aliphatic rings. The first-order valence-corrected chi connectivity index (χ1v) is 4.87. The Hall–Kier alpha value is -0.0800. The third-order valence-corrected chi connectivity index (χ3v) is 2.96. The SMILES string of the molecule is CN1CCC(CN)C1C(C)(C)C. The Balaban J connectivity index is 2.70. The van der Waals surface area contributed by atoms with Crippen LogP contribution in [0.4, 0.5) is 0 Å². The summed E-state index contributed by atoms with van der Waals surface area (Å²) in [6.07, 6.45) is 1.27. The van der Waals surface area contributed by atoms with Crippen molar-refractivity contribution >= 4 is 0 Å². The quantitative estimate of drug-likeness (QED) is 0.643. The van der Waals surface area contributed by atoms with Crippen molar-refractivity contribution in [2.45, 2.75) is 33.2 Å². The van der Waals surface area contributed by atoms with E-state index in [1.54, 1.807) is 0 Å². The molecule has 1 rings (SSSR count). The van der Waals surface area contributed by atoms with Crippen molar-refractivity contribution in [3.8, 4) is 0 Å². The summed E-state index contributed by atoms with van der Waals surface area (Å²) in [7, 11) is 2.21. The number of hydrogen-bond acceptors (Lipinski definition) is 2. The molecule has 0 aliphatic carbocycles. The van der Waals surface area contributed by atoms with E-state index >= 15 is 0 Å². The van der Waals surface area contributed by atoms with Gasteiger partial charge in [-0.25, -0.2) is 0 Å². The lowest BCUT2D eigenvalue weighted by Gasteiger charge is -2.36. The van der Waals surface area contributed by atoms with Gasteiger partial charge in [0.25, 0.3) is 0 Å². The Kier molecular flexibility index (Phi) is 2.79. The zero-order chi connectivity index (χ0) is 9.35. The van der Waals surface area contributed by atoms with Gasteiger partial charge in [0.05, 0.1) is 0 Å². The standard InChI is InChI=1S/C10H22N2/c1-10(2,3)9-8(7-11)5-6-12(9)4/h8-9H,5-7,11H2,1-4H3. The molecule has 0 aromatic carbocycles. The number of likely N-dealkylation sites (tertiary alicyclic amines) is 1. The van der Waals surface area contributed by atoms with Crippen LogP contribution in [0.3, 0.4) is 0 Å². The largest absolute Gasteiger partial charge is 0.330 e. The lowest BCUT2D eigenvalue weighted by atomic mass is 9.79. The fourth-order valence-corrected chi connectivity index (χ4v) is 2.64. The smallest absolute Gasteiger partial charge is 0.0181 e. The normalized spacial score (nSPS) is 32.8. The van der Waals surface area contributed by atoms with E-state index in [0.29, 0.717) is 17.4 Å². The van der Waals surface area contributed by atoms with E-state index in [0.717, 1.165) is 6.54 Å². The maximum absolute atomic E-state index is 5.76. The van der Waals surface area contributed by atoms with Crippen molar-refractivity contribution in [2.24, 2.45) is 17.1 Å². The van der Waals surface area contributed by atoms with Crippen LogP contribution >= 0.6 is 0 Å². The van der Waals surface area contributed by atoms with Crippen molar-refractivity contribution in [3.05, 3.63) is 0 Å². The number of hydrogen-bond donors (Lipinski definition) is 1. The second-order valence-corrected chi connectivity index (χ2v) is 5.08. The van der Waals surface area contributed by atoms with Crippen LogP contribution in [0.5, 0.6) is 0 Å². The molecule has 0 radical (unpaired) electrons. The van der Waals surface area contributed by atoms with E-state index in [1.165, 1.54) is 13.0 Å². The van der Waals surface area contributed by atoms with Gasteiger partial charge in [-0.3, -0.25) is 0 Å². The number of nitrogens with zero attached hydrogens (tertiary/aromatic N) is 1. The molecule has 2 unspecified atom stereocenters.